The molecule has 0 aromatic carbocycles. The zero-order valence-electron chi connectivity index (χ0n) is 17.0. The summed E-state index contributed by atoms with van der Waals surface area (Å²) in [6, 6.07) is 0. The van der Waals surface area contributed by atoms with Crippen molar-refractivity contribution in [2.75, 3.05) is 0 Å². The number of carboxylic acids is 2. The van der Waals surface area contributed by atoms with Gasteiger partial charge in [0.25, 0.3) is 0 Å². The molecule has 2 N–H and O–H groups in total. The minimum atomic E-state index is -1.64. The number of allylic oxidation sites excluding steroid dienone is 2. The summed E-state index contributed by atoms with van der Waals surface area (Å²) in [7, 11) is 0. The molecule has 0 saturated heterocycles. The lowest BCUT2D eigenvalue weighted by Crippen LogP contribution is -2.36. The smallest absolute Gasteiger partial charge is 0.320 e. The van der Waals surface area contributed by atoms with E-state index in [2.05, 4.69) is 19.1 Å². The van der Waals surface area contributed by atoms with E-state index < -0.39 is 17.4 Å². The molecule has 0 radical (unpaired) electrons. The Hall–Kier alpha value is -1.32. The summed E-state index contributed by atoms with van der Waals surface area (Å²) in [5.41, 5.74) is -1.64. The molecule has 0 aliphatic heterocycles. The van der Waals surface area contributed by atoms with Crippen molar-refractivity contribution < 1.29 is 19.8 Å². The Kier molecular flexibility index (Phi) is 15.1. The first kappa shape index (κ1) is 24.7. The average Bonchev–Trinajstić information content (AvgIpc) is 2.60. The lowest BCUT2D eigenvalue weighted by Gasteiger charge is -2.19. The summed E-state index contributed by atoms with van der Waals surface area (Å²) >= 11 is 0. The van der Waals surface area contributed by atoms with Crippen LogP contribution in [0.25, 0.3) is 0 Å². The summed E-state index contributed by atoms with van der Waals surface area (Å²) in [6.07, 6.45) is 21.4. The summed E-state index contributed by atoms with van der Waals surface area (Å²) in [4.78, 5) is 22.1. The van der Waals surface area contributed by atoms with Crippen molar-refractivity contribution in [3.63, 3.8) is 0 Å². The van der Waals surface area contributed by atoms with Crippen LogP contribution in [0.4, 0.5) is 0 Å². The van der Waals surface area contributed by atoms with E-state index in [9.17, 15) is 9.59 Å². The maximum atomic E-state index is 11.1. The largest absolute Gasteiger partial charge is 0.480 e. The first-order valence-electron chi connectivity index (χ1n) is 10.6. The third kappa shape index (κ3) is 12.1. The summed E-state index contributed by atoms with van der Waals surface area (Å²) in [5, 5.41) is 18.1. The summed E-state index contributed by atoms with van der Waals surface area (Å²) < 4.78 is 0. The second-order valence-electron chi connectivity index (χ2n) is 7.63. The van der Waals surface area contributed by atoms with Gasteiger partial charge in [-0.15, -0.1) is 0 Å². The van der Waals surface area contributed by atoms with Crippen LogP contribution in [0.2, 0.25) is 0 Å². The molecular formula is C22H40O4. The second kappa shape index (κ2) is 15.9. The van der Waals surface area contributed by atoms with Crippen molar-refractivity contribution in [1.82, 2.24) is 0 Å². The van der Waals surface area contributed by atoms with E-state index in [4.69, 9.17) is 10.2 Å². The molecular weight excluding hydrogens is 328 g/mol. The van der Waals surface area contributed by atoms with Gasteiger partial charge in [0.2, 0.25) is 0 Å². The number of unbranched alkanes of at least 4 members (excludes halogenated alkanes) is 12. The highest BCUT2D eigenvalue weighted by molar-refractivity contribution is 5.97. The highest BCUT2D eigenvalue weighted by Gasteiger charge is 2.40. The van der Waals surface area contributed by atoms with Gasteiger partial charge in [0.1, 0.15) is 0 Å². The van der Waals surface area contributed by atoms with Gasteiger partial charge in [-0.3, -0.25) is 9.59 Å². The Morgan fingerprint density at radius 2 is 1.08 bits per heavy atom. The molecule has 0 unspecified atom stereocenters. The normalized spacial score (nSPS) is 11.9. The maximum absolute atomic E-state index is 11.1. The number of rotatable bonds is 18. The van der Waals surface area contributed by atoms with Crippen molar-refractivity contribution in [3.05, 3.63) is 12.2 Å². The number of hydrogen-bond acceptors (Lipinski definition) is 2. The molecule has 0 saturated carbocycles. The predicted molar refractivity (Wildman–Crippen MR) is 107 cm³/mol. The molecule has 26 heavy (non-hydrogen) atoms. The van der Waals surface area contributed by atoms with Crippen LogP contribution < -0.4 is 0 Å². The fraction of sp³-hybridized carbons (Fsp3) is 0.818. The molecule has 0 heterocycles. The molecule has 0 rings (SSSR count). The number of carboxylic acid groups (broad SMARTS) is 2. The van der Waals surface area contributed by atoms with Crippen molar-refractivity contribution in [2.45, 2.75) is 110 Å². The predicted octanol–water partition coefficient (Wildman–Crippen LogP) is 6.59. The molecule has 4 heteroatoms. The fourth-order valence-corrected chi connectivity index (χ4v) is 3.03. The van der Waals surface area contributed by atoms with E-state index >= 15 is 0 Å². The lowest BCUT2D eigenvalue weighted by atomic mass is 9.85. The van der Waals surface area contributed by atoms with Gasteiger partial charge in [-0.1, -0.05) is 83.3 Å². The first-order valence-corrected chi connectivity index (χ1v) is 10.6. The topological polar surface area (TPSA) is 74.6 Å². The molecule has 0 aromatic heterocycles. The van der Waals surface area contributed by atoms with Crippen LogP contribution in [0.3, 0.4) is 0 Å². The molecule has 0 amide bonds. The van der Waals surface area contributed by atoms with Crippen molar-refractivity contribution in [3.8, 4) is 0 Å². The molecule has 152 valence electrons. The van der Waals surface area contributed by atoms with E-state index in [1.807, 2.05) is 0 Å². The lowest BCUT2D eigenvalue weighted by molar-refractivity contribution is -0.163. The second-order valence-corrected chi connectivity index (χ2v) is 7.63. The van der Waals surface area contributed by atoms with Gasteiger partial charge in [0, 0.05) is 0 Å². The van der Waals surface area contributed by atoms with Crippen LogP contribution in [0.5, 0.6) is 0 Å². The quantitative estimate of drug-likeness (QED) is 0.162. The highest BCUT2D eigenvalue weighted by Crippen LogP contribution is 2.25. The van der Waals surface area contributed by atoms with Gasteiger partial charge in [-0.25, -0.2) is 0 Å². The first-order chi connectivity index (χ1) is 12.4. The van der Waals surface area contributed by atoms with E-state index in [0.717, 1.165) is 32.1 Å². The Morgan fingerprint density at radius 1 is 0.692 bits per heavy atom. The van der Waals surface area contributed by atoms with Crippen molar-refractivity contribution in [2.24, 2.45) is 5.41 Å². The standard InChI is InChI=1S/C22H40O4/c1-3-4-5-6-7-8-9-10-11-12-13-14-15-16-17-18-19-22(2,20(23)24)21(25)26/h11-12H,3-10,13-19H2,1-2H3,(H,23,24)(H,25,26). The molecule has 0 atom stereocenters. The number of aliphatic carboxylic acids is 2. The van der Waals surface area contributed by atoms with E-state index in [-0.39, 0.29) is 6.42 Å². The van der Waals surface area contributed by atoms with Crippen molar-refractivity contribution in [1.29, 1.82) is 0 Å². The van der Waals surface area contributed by atoms with Crippen LogP contribution in [-0.2, 0) is 9.59 Å². The van der Waals surface area contributed by atoms with Crippen molar-refractivity contribution >= 4 is 11.9 Å². The molecule has 0 aliphatic carbocycles. The van der Waals surface area contributed by atoms with Gasteiger partial charge >= 0.3 is 11.9 Å². The monoisotopic (exact) mass is 368 g/mol. The highest BCUT2D eigenvalue weighted by atomic mass is 16.4. The minimum absolute atomic E-state index is 0.204. The van der Waals surface area contributed by atoms with Crippen LogP contribution in [0.15, 0.2) is 12.2 Å². The zero-order valence-corrected chi connectivity index (χ0v) is 17.0. The molecule has 0 spiro atoms. The number of hydrogen-bond donors (Lipinski definition) is 2. The van der Waals surface area contributed by atoms with E-state index in [0.29, 0.717) is 6.42 Å². The Morgan fingerprint density at radius 3 is 1.50 bits per heavy atom. The SMILES string of the molecule is CCCCCCCCCC=CCCCCCCCC(C)(C(=O)O)C(=O)O. The third-order valence-electron chi connectivity index (χ3n) is 5.13. The van der Waals surface area contributed by atoms with Crippen LogP contribution >= 0.6 is 0 Å². The molecule has 0 fully saturated rings. The summed E-state index contributed by atoms with van der Waals surface area (Å²) in [5.74, 6) is -2.48. The Balaban J connectivity index is 3.45. The fourth-order valence-electron chi connectivity index (χ4n) is 3.03. The van der Waals surface area contributed by atoms with Gasteiger partial charge in [-0.05, 0) is 39.0 Å². The molecule has 0 bridgehead atoms. The van der Waals surface area contributed by atoms with Gasteiger partial charge in [0.15, 0.2) is 5.41 Å². The van der Waals surface area contributed by atoms with Gasteiger partial charge < -0.3 is 10.2 Å². The van der Waals surface area contributed by atoms with Crippen LogP contribution in [0.1, 0.15) is 110 Å². The van der Waals surface area contributed by atoms with Gasteiger partial charge in [0.05, 0.1) is 0 Å². The van der Waals surface area contributed by atoms with E-state index in [1.54, 1.807) is 0 Å². The summed E-state index contributed by atoms with van der Waals surface area (Å²) in [6.45, 7) is 3.55. The zero-order chi connectivity index (χ0) is 19.7. The van der Waals surface area contributed by atoms with E-state index in [1.165, 1.54) is 58.3 Å². The third-order valence-corrected chi connectivity index (χ3v) is 5.13. The van der Waals surface area contributed by atoms with Gasteiger partial charge in [-0.2, -0.15) is 0 Å². The minimum Gasteiger partial charge on any atom is -0.480 e. The Labute approximate surface area is 160 Å². The Bertz CT molecular complexity index is 387. The van der Waals surface area contributed by atoms with Crippen LogP contribution in [0, 0.1) is 5.41 Å². The molecule has 4 nitrogen and oxygen atoms in total. The maximum Gasteiger partial charge on any atom is 0.320 e. The molecule has 0 aliphatic rings. The number of carbonyl (C=O) groups is 2. The van der Waals surface area contributed by atoms with Crippen LogP contribution in [-0.4, -0.2) is 22.2 Å². The average molecular weight is 369 g/mol. The molecule has 0 aromatic rings.